The molecule has 0 bridgehead atoms. The Hall–Kier alpha value is -1.07. The molecule has 1 aliphatic carbocycles. The summed E-state index contributed by atoms with van der Waals surface area (Å²) in [4.78, 5) is 12.4. The first-order chi connectivity index (χ1) is 10.2. The van der Waals surface area contributed by atoms with E-state index < -0.39 is 0 Å². The van der Waals surface area contributed by atoms with Crippen LogP contribution in [0, 0.1) is 11.3 Å². The van der Waals surface area contributed by atoms with Gasteiger partial charge in [0.1, 0.15) is 5.76 Å². The Balaban J connectivity index is 0.00000176. The number of carbonyl (C=O) groups is 1. The van der Waals surface area contributed by atoms with Gasteiger partial charge >= 0.3 is 0 Å². The molecule has 2 aliphatic rings. The Labute approximate surface area is 138 Å². The number of halogens is 1. The van der Waals surface area contributed by atoms with Gasteiger partial charge in [0.25, 0.3) is 0 Å². The molecule has 124 valence electrons. The molecule has 1 aliphatic heterocycles. The standard InChI is InChI=1S/C16H25N3O2.ClH/c1-3-13-11(14(4-2)21-19-13)10-18-15(20)12-9-16(12)5-7-17-8-6-16;/h12,17H,3-10H2,1-2H3,(H,18,20);1H. The van der Waals surface area contributed by atoms with Gasteiger partial charge in [-0.1, -0.05) is 19.0 Å². The average molecular weight is 328 g/mol. The van der Waals surface area contributed by atoms with Crippen molar-refractivity contribution in [1.82, 2.24) is 15.8 Å². The molecule has 1 amide bonds. The molecule has 0 aromatic carbocycles. The summed E-state index contributed by atoms with van der Waals surface area (Å²) in [6.45, 7) is 6.77. The molecule has 1 spiro atoms. The fourth-order valence-electron chi connectivity index (χ4n) is 3.63. The number of nitrogens with zero attached hydrogens (tertiary/aromatic N) is 1. The van der Waals surface area contributed by atoms with E-state index in [2.05, 4.69) is 29.6 Å². The van der Waals surface area contributed by atoms with Crippen molar-refractivity contribution in [2.75, 3.05) is 13.1 Å². The van der Waals surface area contributed by atoms with Gasteiger partial charge in [-0.3, -0.25) is 4.79 Å². The highest BCUT2D eigenvalue weighted by Crippen LogP contribution is 2.58. The van der Waals surface area contributed by atoms with Crippen LogP contribution in [0.5, 0.6) is 0 Å². The molecule has 6 heteroatoms. The van der Waals surface area contributed by atoms with Crippen LogP contribution in [0.3, 0.4) is 0 Å². The molecule has 0 radical (unpaired) electrons. The van der Waals surface area contributed by atoms with Crippen molar-refractivity contribution in [3.63, 3.8) is 0 Å². The SMILES string of the molecule is CCc1noc(CC)c1CNC(=O)C1CC12CCNCC2.Cl. The number of carbonyl (C=O) groups excluding carboxylic acids is 1. The van der Waals surface area contributed by atoms with Crippen molar-refractivity contribution in [3.05, 3.63) is 17.0 Å². The molecule has 5 nitrogen and oxygen atoms in total. The van der Waals surface area contributed by atoms with Crippen LogP contribution in [-0.2, 0) is 24.2 Å². The number of aromatic nitrogens is 1. The number of nitrogens with one attached hydrogen (secondary N) is 2. The molecular weight excluding hydrogens is 302 g/mol. The van der Waals surface area contributed by atoms with Gasteiger partial charge in [-0.05, 0) is 44.2 Å². The Kier molecular flexibility index (Phi) is 5.50. The van der Waals surface area contributed by atoms with Gasteiger partial charge in [0.2, 0.25) is 5.91 Å². The van der Waals surface area contributed by atoms with E-state index in [4.69, 9.17) is 4.52 Å². The van der Waals surface area contributed by atoms with E-state index >= 15 is 0 Å². The summed E-state index contributed by atoms with van der Waals surface area (Å²) in [7, 11) is 0. The number of hydrogen-bond donors (Lipinski definition) is 2. The van der Waals surface area contributed by atoms with Gasteiger partial charge in [-0.25, -0.2) is 0 Å². The molecule has 1 atom stereocenters. The number of rotatable bonds is 5. The molecule has 1 aromatic rings. The number of aryl methyl sites for hydroxylation is 2. The quantitative estimate of drug-likeness (QED) is 0.870. The molecule has 22 heavy (non-hydrogen) atoms. The zero-order chi connectivity index (χ0) is 14.9. The van der Waals surface area contributed by atoms with Crippen molar-refractivity contribution in [3.8, 4) is 0 Å². The first kappa shape index (κ1) is 17.3. The lowest BCUT2D eigenvalue weighted by molar-refractivity contribution is -0.123. The molecule has 2 fully saturated rings. The lowest BCUT2D eigenvalue weighted by atomic mass is 9.92. The summed E-state index contributed by atoms with van der Waals surface area (Å²) in [5, 5.41) is 10.6. The Morgan fingerprint density at radius 3 is 2.73 bits per heavy atom. The lowest BCUT2D eigenvalue weighted by Crippen LogP contribution is -2.33. The summed E-state index contributed by atoms with van der Waals surface area (Å²) in [5.74, 6) is 1.33. The summed E-state index contributed by atoms with van der Waals surface area (Å²) < 4.78 is 5.34. The van der Waals surface area contributed by atoms with E-state index in [9.17, 15) is 4.79 Å². The van der Waals surface area contributed by atoms with Crippen molar-refractivity contribution < 1.29 is 9.32 Å². The molecule has 2 N–H and O–H groups in total. The van der Waals surface area contributed by atoms with Crippen LogP contribution in [0.4, 0.5) is 0 Å². The smallest absolute Gasteiger partial charge is 0.223 e. The third-order valence-electron chi connectivity index (χ3n) is 5.15. The molecular formula is C16H26ClN3O2. The summed E-state index contributed by atoms with van der Waals surface area (Å²) >= 11 is 0. The second-order valence-electron chi connectivity index (χ2n) is 6.32. The fourth-order valence-corrected chi connectivity index (χ4v) is 3.63. The van der Waals surface area contributed by atoms with Gasteiger partial charge in [0.15, 0.2) is 0 Å². The molecule has 1 saturated carbocycles. The monoisotopic (exact) mass is 327 g/mol. The van der Waals surface area contributed by atoms with Crippen LogP contribution in [0.15, 0.2) is 4.52 Å². The predicted octanol–water partition coefficient (Wildman–Crippen LogP) is 2.23. The van der Waals surface area contributed by atoms with Crippen molar-refractivity contribution in [1.29, 1.82) is 0 Å². The Morgan fingerprint density at radius 1 is 1.36 bits per heavy atom. The Morgan fingerprint density at radius 2 is 2.09 bits per heavy atom. The van der Waals surface area contributed by atoms with Gasteiger partial charge in [-0.2, -0.15) is 0 Å². The van der Waals surface area contributed by atoms with Crippen molar-refractivity contribution in [2.45, 2.75) is 52.5 Å². The predicted molar refractivity (Wildman–Crippen MR) is 87.0 cm³/mol. The minimum atomic E-state index is 0. The summed E-state index contributed by atoms with van der Waals surface area (Å²) in [5.41, 5.74) is 2.35. The average Bonchev–Trinajstić information content (AvgIpc) is 3.05. The molecule has 2 heterocycles. The maximum atomic E-state index is 12.4. The van der Waals surface area contributed by atoms with E-state index in [1.807, 2.05) is 0 Å². The van der Waals surface area contributed by atoms with Gasteiger partial charge in [0, 0.05) is 24.4 Å². The normalized spacial score (nSPS) is 22.2. The molecule has 1 unspecified atom stereocenters. The van der Waals surface area contributed by atoms with Gasteiger partial charge in [0.05, 0.1) is 5.69 Å². The third kappa shape index (κ3) is 3.15. The maximum Gasteiger partial charge on any atom is 0.223 e. The van der Waals surface area contributed by atoms with E-state index in [0.717, 1.165) is 62.2 Å². The fraction of sp³-hybridized carbons (Fsp3) is 0.750. The topological polar surface area (TPSA) is 67.2 Å². The van der Waals surface area contributed by atoms with Crippen LogP contribution in [0.25, 0.3) is 0 Å². The first-order valence-electron chi connectivity index (χ1n) is 8.15. The summed E-state index contributed by atoms with van der Waals surface area (Å²) in [6, 6.07) is 0. The second-order valence-corrected chi connectivity index (χ2v) is 6.32. The van der Waals surface area contributed by atoms with Crippen LogP contribution >= 0.6 is 12.4 Å². The number of amides is 1. The maximum absolute atomic E-state index is 12.4. The van der Waals surface area contributed by atoms with Gasteiger partial charge in [-0.15, -0.1) is 12.4 Å². The Bertz CT molecular complexity index is 502. The molecule has 3 rings (SSSR count). The van der Waals surface area contributed by atoms with Crippen LogP contribution in [-0.4, -0.2) is 24.2 Å². The van der Waals surface area contributed by atoms with E-state index in [0.29, 0.717) is 12.0 Å². The zero-order valence-corrected chi connectivity index (χ0v) is 14.2. The number of hydrogen-bond acceptors (Lipinski definition) is 4. The van der Waals surface area contributed by atoms with Crippen molar-refractivity contribution >= 4 is 18.3 Å². The minimum Gasteiger partial charge on any atom is -0.361 e. The van der Waals surface area contributed by atoms with E-state index in [1.54, 1.807) is 0 Å². The highest BCUT2D eigenvalue weighted by molar-refractivity contribution is 5.85. The third-order valence-corrected chi connectivity index (χ3v) is 5.15. The van der Waals surface area contributed by atoms with Crippen LogP contribution in [0.1, 0.15) is 50.1 Å². The lowest BCUT2D eigenvalue weighted by Gasteiger charge is -2.23. The first-order valence-corrected chi connectivity index (χ1v) is 8.15. The van der Waals surface area contributed by atoms with Crippen LogP contribution < -0.4 is 10.6 Å². The van der Waals surface area contributed by atoms with E-state index in [-0.39, 0.29) is 24.2 Å². The molecule has 1 aromatic heterocycles. The molecule has 1 saturated heterocycles. The summed E-state index contributed by atoms with van der Waals surface area (Å²) in [6.07, 6.45) is 4.99. The second kappa shape index (κ2) is 7.01. The minimum absolute atomic E-state index is 0. The van der Waals surface area contributed by atoms with Crippen LogP contribution in [0.2, 0.25) is 0 Å². The van der Waals surface area contributed by atoms with Gasteiger partial charge < -0.3 is 15.2 Å². The highest BCUT2D eigenvalue weighted by Gasteiger charge is 2.57. The van der Waals surface area contributed by atoms with Crippen molar-refractivity contribution in [2.24, 2.45) is 11.3 Å². The highest BCUT2D eigenvalue weighted by atomic mass is 35.5. The zero-order valence-electron chi connectivity index (χ0n) is 13.4. The largest absolute Gasteiger partial charge is 0.361 e. The number of piperidine rings is 1. The van der Waals surface area contributed by atoms with E-state index in [1.165, 1.54) is 0 Å².